The summed E-state index contributed by atoms with van der Waals surface area (Å²) in [6.45, 7) is 10.8. The molecule has 116 valence electrons. The summed E-state index contributed by atoms with van der Waals surface area (Å²) in [7, 11) is 0. The lowest BCUT2D eigenvalue weighted by molar-refractivity contribution is 0.00405. The smallest absolute Gasteiger partial charge is 0.0409 e. The van der Waals surface area contributed by atoms with E-state index in [0.29, 0.717) is 18.0 Å². The van der Waals surface area contributed by atoms with E-state index in [-0.39, 0.29) is 0 Å². The Morgan fingerprint density at radius 1 is 1.19 bits per heavy atom. The summed E-state index contributed by atoms with van der Waals surface area (Å²) in [6.07, 6.45) is 2.73. The average Bonchev–Trinajstić information content (AvgIpc) is 2.92. The zero-order valence-electron chi connectivity index (χ0n) is 13.4. The molecule has 1 aromatic rings. The summed E-state index contributed by atoms with van der Waals surface area (Å²) in [5, 5.41) is 0.847. The van der Waals surface area contributed by atoms with E-state index >= 15 is 0 Å². The number of halogens is 1. The minimum absolute atomic E-state index is 0.443. The maximum atomic E-state index is 6.19. The van der Waals surface area contributed by atoms with Crippen LogP contribution in [0.4, 0.5) is 0 Å². The lowest BCUT2D eigenvalue weighted by Crippen LogP contribution is -2.58. The number of hydrogen-bond acceptors (Lipinski definition) is 2. The predicted molar refractivity (Wildman–Crippen MR) is 89.8 cm³/mol. The first-order chi connectivity index (χ1) is 10.1. The second-order valence-electron chi connectivity index (χ2n) is 7.03. The lowest BCUT2D eigenvalue weighted by Gasteiger charge is -2.48. The molecule has 2 aliphatic rings. The van der Waals surface area contributed by atoms with Crippen LogP contribution in [0.3, 0.4) is 0 Å². The maximum Gasteiger partial charge on any atom is 0.0409 e. The summed E-state index contributed by atoms with van der Waals surface area (Å²) in [4.78, 5) is 5.44. The molecule has 0 bridgehead atoms. The molecule has 3 atom stereocenters. The Bertz CT molecular complexity index is 488. The van der Waals surface area contributed by atoms with E-state index in [1.165, 1.54) is 38.0 Å². The Balaban J connectivity index is 1.83. The van der Waals surface area contributed by atoms with Crippen molar-refractivity contribution in [3.63, 3.8) is 0 Å². The third kappa shape index (κ3) is 3.13. The second kappa shape index (κ2) is 6.28. The number of hydrogen-bond donors (Lipinski definition) is 0. The van der Waals surface area contributed by atoms with Crippen molar-refractivity contribution in [3.05, 3.63) is 34.9 Å². The normalized spacial score (nSPS) is 28.8. The Kier molecular flexibility index (Phi) is 4.58. The lowest BCUT2D eigenvalue weighted by atomic mass is 9.93. The molecule has 0 aromatic heterocycles. The molecule has 0 amide bonds. The van der Waals surface area contributed by atoms with E-state index in [1.807, 2.05) is 6.07 Å². The number of nitrogens with zero attached hydrogens (tertiary/aromatic N) is 2. The molecule has 2 aliphatic heterocycles. The highest BCUT2D eigenvalue weighted by atomic mass is 35.5. The number of rotatable bonds is 3. The molecular formula is C18H27ClN2. The molecule has 3 unspecified atom stereocenters. The molecule has 0 aliphatic carbocycles. The summed E-state index contributed by atoms with van der Waals surface area (Å²) in [6, 6.07) is 10.2. The molecule has 2 fully saturated rings. The van der Waals surface area contributed by atoms with Gasteiger partial charge in [-0.05, 0) is 49.9 Å². The predicted octanol–water partition coefficient (Wildman–Crippen LogP) is 4.21. The molecule has 0 radical (unpaired) electrons. The largest absolute Gasteiger partial charge is 0.298 e. The first kappa shape index (κ1) is 15.3. The van der Waals surface area contributed by atoms with Gasteiger partial charge in [-0.2, -0.15) is 0 Å². The van der Waals surface area contributed by atoms with Crippen LogP contribution in [0.1, 0.15) is 45.2 Å². The van der Waals surface area contributed by atoms with E-state index in [9.17, 15) is 0 Å². The van der Waals surface area contributed by atoms with Gasteiger partial charge < -0.3 is 0 Å². The fraction of sp³-hybridized carbons (Fsp3) is 0.667. The molecule has 21 heavy (non-hydrogen) atoms. The summed E-state index contributed by atoms with van der Waals surface area (Å²) in [5.41, 5.74) is 1.35. The monoisotopic (exact) mass is 306 g/mol. The van der Waals surface area contributed by atoms with E-state index in [4.69, 9.17) is 11.6 Å². The quantitative estimate of drug-likeness (QED) is 0.825. The highest BCUT2D eigenvalue weighted by Gasteiger charge is 2.39. The minimum atomic E-state index is 0.443. The topological polar surface area (TPSA) is 6.48 Å². The van der Waals surface area contributed by atoms with Crippen LogP contribution in [-0.4, -0.2) is 41.5 Å². The minimum Gasteiger partial charge on any atom is -0.298 e. The number of benzene rings is 1. The molecule has 3 rings (SSSR count). The van der Waals surface area contributed by atoms with Gasteiger partial charge in [-0.25, -0.2) is 0 Å². The van der Waals surface area contributed by atoms with Gasteiger partial charge in [0, 0.05) is 36.2 Å². The van der Waals surface area contributed by atoms with E-state index in [2.05, 4.69) is 48.8 Å². The SMILES string of the molecule is CC(C)C1CN2CCCC2CN1C(C)c1cccc(Cl)c1. The second-order valence-corrected chi connectivity index (χ2v) is 7.47. The van der Waals surface area contributed by atoms with Crippen LogP contribution in [0.5, 0.6) is 0 Å². The Hall–Kier alpha value is -0.570. The molecule has 1 aromatic carbocycles. The maximum absolute atomic E-state index is 6.19. The third-order valence-electron chi connectivity index (χ3n) is 5.37. The Morgan fingerprint density at radius 2 is 2.00 bits per heavy atom. The van der Waals surface area contributed by atoms with Crippen molar-refractivity contribution in [2.45, 2.75) is 51.7 Å². The summed E-state index contributed by atoms with van der Waals surface area (Å²) < 4.78 is 0. The van der Waals surface area contributed by atoms with Gasteiger partial charge in [-0.15, -0.1) is 0 Å². The molecule has 0 spiro atoms. The van der Waals surface area contributed by atoms with Crippen LogP contribution in [0.25, 0.3) is 0 Å². The van der Waals surface area contributed by atoms with Gasteiger partial charge in [0.25, 0.3) is 0 Å². The standard InChI is InChI=1S/C18H27ClN2/c1-13(2)18-12-20-9-5-8-17(20)11-21(18)14(3)15-6-4-7-16(19)10-15/h4,6-7,10,13-14,17-18H,5,8-9,11-12H2,1-3H3. The van der Waals surface area contributed by atoms with E-state index in [0.717, 1.165) is 11.1 Å². The zero-order chi connectivity index (χ0) is 15.0. The molecular weight excluding hydrogens is 280 g/mol. The van der Waals surface area contributed by atoms with Crippen molar-refractivity contribution in [2.75, 3.05) is 19.6 Å². The molecule has 2 heterocycles. The Labute approximate surface area is 134 Å². The van der Waals surface area contributed by atoms with Gasteiger partial charge in [0.15, 0.2) is 0 Å². The van der Waals surface area contributed by atoms with Gasteiger partial charge in [-0.1, -0.05) is 37.6 Å². The van der Waals surface area contributed by atoms with E-state index in [1.54, 1.807) is 0 Å². The summed E-state index contributed by atoms with van der Waals surface area (Å²) >= 11 is 6.19. The molecule has 0 N–H and O–H groups in total. The first-order valence-corrected chi connectivity index (χ1v) is 8.69. The fourth-order valence-electron chi connectivity index (χ4n) is 4.06. The van der Waals surface area contributed by atoms with Crippen LogP contribution < -0.4 is 0 Å². The highest BCUT2D eigenvalue weighted by molar-refractivity contribution is 6.30. The van der Waals surface area contributed by atoms with Crippen molar-refractivity contribution in [1.82, 2.24) is 9.80 Å². The fourth-order valence-corrected chi connectivity index (χ4v) is 4.26. The van der Waals surface area contributed by atoms with Crippen LogP contribution in [0.2, 0.25) is 5.02 Å². The van der Waals surface area contributed by atoms with Crippen LogP contribution in [0, 0.1) is 5.92 Å². The van der Waals surface area contributed by atoms with Crippen LogP contribution >= 0.6 is 11.6 Å². The molecule has 0 saturated carbocycles. The van der Waals surface area contributed by atoms with Crippen LogP contribution in [-0.2, 0) is 0 Å². The average molecular weight is 307 g/mol. The van der Waals surface area contributed by atoms with Crippen LogP contribution in [0.15, 0.2) is 24.3 Å². The summed E-state index contributed by atoms with van der Waals surface area (Å²) in [5.74, 6) is 0.688. The van der Waals surface area contributed by atoms with E-state index < -0.39 is 0 Å². The van der Waals surface area contributed by atoms with Gasteiger partial charge in [0.1, 0.15) is 0 Å². The van der Waals surface area contributed by atoms with Gasteiger partial charge in [-0.3, -0.25) is 9.80 Å². The molecule has 2 nitrogen and oxygen atoms in total. The third-order valence-corrected chi connectivity index (χ3v) is 5.60. The van der Waals surface area contributed by atoms with Gasteiger partial charge >= 0.3 is 0 Å². The zero-order valence-corrected chi connectivity index (χ0v) is 14.2. The van der Waals surface area contributed by atoms with Crippen molar-refractivity contribution in [2.24, 2.45) is 5.92 Å². The van der Waals surface area contributed by atoms with Crippen molar-refractivity contribution < 1.29 is 0 Å². The van der Waals surface area contributed by atoms with Gasteiger partial charge in [0.05, 0.1) is 0 Å². The molecule has 2 saturated heterocycles. The van der Waals surface area contributed by atoms with Crippen molar-refractivity contribution in [1.29, 1.82) is 0 Å². The highest BCUT2D eigenvalue weighted by Crippen LogP contribution is 2.34. The van der Waals surface area contributed by atoms with Crippen molar-refractivity contribution in [3.8, 4) is 0 Å². The Morgan fingerprint density at radius 3 is 2.71 bits per heavy atom. The number of fused-ring (bicyclic) bond motifs is 1. The first-order valence-electron chi connectivity index (χ1n) is 8.31. The van der Waals surface area contributed by atoms with Crippen molar-refractivity contribution >= 4 is 11.6 Å². The van der Waals surface area contributed by atoms with Gasteiger partial charge in [0.2, 0.25) is 0 Å². The molecule has 3 heteroatoms. The number of piperazine rings is 1.